The number of nitrogens with zero attached hydrogens (tertiary/aromatic N) is 2. The lowest BCUT2D eigenvalue weighted by Gasteiger charge is -2.11. The van der Waals surface area contributed by atoms with Crippen LogP contribution in [-0.4, -0.2) is 28.3 Å². The number of aromatic nitrogens is 2. The fraction of sp³-hybridized carbons (Fsp3) is 0.636. The molecule has 1 unspecified atom stereocenters. The summed E-state index contributed by atoms with van der Waals surface area (Å²) in [4.78, 5) is 15.7. The van der Waals surface area contributed by atoms with Crippen molar-refractivity contribution in [2.75, 3.05) is 0 Å². The average Bonchev–Trinajstić information content (AvgIpc) is 2.65. The molecule has 0 aliphatic heterocycles. The van der Waals surface area contributed by atoms with Gasteiger partial charge in [-0.15, -0.1) is 0 Å². The van der Waals surface area contributed by atoms with Crippen molar-refractivity contribution in [3.8, 4) is 0 Å². The summed E-state index contributed by atoms with van der Waals surface area (Å²) in [5.41, 5.74) is -0.247. The van der Waals surface area contributed by atoms with Gasteiger partial charge in [-0.2, -0.15) is 4.98 Å². The monoisotopic (exact) mass is 238 g/mol. The number of rotatable bonds is 4. The molecule has 1 aromatic rings. The first-order chi connectivity index (χ1) is 7.84. The van der Waals surface area contributed by atoms with Gasteiger partial charge >= 0.3 is 11.8 Å². The molecule has 1 amide bonds. The minimum absolute atomic E-state index is 0.0354. The van der Waals surface area contributed by atoms with Crippen LogP contribution in [0.25, 0.3) is 0 Å². The van der Waals surface area contributed by atoms with E-state index in [0.717, 1.165) is 0 Å². The Bertz CT molecular complexity index is 406. The Kier molecular flexibility index (Phi) is 3.98. The van der Waals surface area contributed by atoms with E-state index in [0.29, 0.717) is 12.2 Å². The second kappa shape index (κ2) is 5.07. The first kappa shape index (κ1) is 13.3. The molecule has 0 saturated heterocycles. The topological polar surface area (TPSA) is 91.9 Å². The zero-order valence-corrected chi connectivity index (χ0v) is 10.6. The molecular formula is C11H18N4O2. The molecule has 1 aromatic heterocycles. The van der Waals surface area contributed by atoms with Crippen molar-refractivity contribution >= 4 is 12.1 Å². The summed E-state index contributed by atoms with van der Waals surface area (Å²) >= 11 is 0. The Morgan fingerprint density at radius 1 is 1.59 bits per heavy atom. The van der Waals surface area contributed by atoms with Gasteiger partial charge in [-0.25, -0.2) is 0 Å². The molecule has 0 bridgehead atoms. The molecule has 94 valence electrons. The fourth-order valence-corrected chi connectivity index (χ4v) is 1.14. The Labute approximate surface area is 100 Å². The molecular weight excluding hydrogens is 220 g/mol. The Morgan fingerprint density at radius 3 is 2.71 bits per heavy atom. The van der Waals surface area contributed by atoms with E-state index in [2.05, 4.69) is 15.5 Å². The lowest BCUT2D eigenvalue weighted by molar-refractivity contribution is 0.0897. The van der Waals surface area contributed by atoms with Crippen molar-refractivity contribution in [3.05, 3.63) is 11.7 Å². The van der Waals surface area contributed by atoms with Crippen LogP contribution in [0.2, 0.25) is 0 Å². The fourth-order valence-electron chi connectivity index (χ4n) is 1.14. The first-order valence-corrected chi connectivity index (χ1v) is 5.48. The molecule has 0 aliphatic carbocycles. The zero-order valence-electron chi connectivity index (χ0n) is 10.6. The van der Waals surface area contributed by atoms with Crippen molar-refractivity contribution in [1.82, 2.24) is 15.5 Å². The van der Waals surface area contributed by atoms with Crippen LogP contribution < -0.4 is 5.32 Å². The van der Waals surface area contributed by atoms with Gasteiger partial charge in [0.15, 0.2) is 5.82 Å². The molecule has 0 aromatic carbocycles. The van der Waals surface area contributed by atoms with Crippen LogP contribution in [0.1, 0.15) is 50.6 Å². The van der Waals surface area contributed by atoms with E-state index in [1.165, 1.54) is 6.21 Å². The number of nitrogens with one attached hydrogen (secondary N) is 2. The van der Waals surface area contributed by atoms with Crippen LogP contribution in [0.3, 0.4) is 0 Å². The third-order valence-electron chi connectivity index (χ3n) is 2.14. The molecule has 0 radical (unpaired) electrons. The maximum atomic E-state index is 11.7. The smallest absolute Gasteiger partial charge is 0.315 e. The van der Waals surface area contributed by atoms with Crippen molar-refractivity contribution < 1.29 is 9.32 Å². The minimum atomic E-state index is -0.401. The Balaban J connectivity index is 2.70. The molecule has 1 heterocycles. The molecule has 1 rings (SSSR count). The van der Waals surface area contributed by atoms with E-state index in [-0.39, 0.29) is 17.3 Å². The van der Waals surface area contributed by atoms with Crippen LogP contribution in [0.15, 0.2) is 4.52 Å². The summed E-state index contributed by atoms with van der Waals surface area (Å²) in [5, 5.41) is 13.4. The van der Waals surface area contributed by atoms with Gasteiger partial charge in [0.05, 0.1) is 0 Å². The standard InChI is InChI=1S/C11H18N4O2/c1-7(5-6-12)13-8(16)9-14-10(15-17-9)11(2,3)4/h6-7,12H,5H2,1-4H3,(H,13,16). The maximum absolute atomic E-state index is 11.7. The number of amides is 1. The Morgan fingerprint density at radius 2 is 2.24 bits per heavy atom. The van der Waals surface area contributed by atoms with Crippen molar-refractivity contribution in [3.63, 3.8) is 0 Å². The lowest BCUT2D eigenvalue weighted by atomic mass is 9.96. The molecule has 6 heteroatoms. The van der Waals surface area contributed by atoms with E-state index < -0.39 is 5.91 Å². The normalized spacial score (nSPS) is 13.2. The zero-order chi connectivity index (χ0) is 13.1. The van der Waals surface area contributed by atoms with Crippen LogP contribution >= 0.6 is 0 Å². The van der Waals surface area contributed by atoms with E-state index in [4.69, 9.17) is 9.93 Å². The van der Waals surface area contributed by atoms with Crippen LogP contribution in [0, 0.1) is 5.41 Å². The van der Waals surface area contributed by atoms with Gasteiger partial charge < -0.3 is 15.2 Å². The highest BCUT2D eigenvalue weighted by Crippen LogP contribution is 2.18. The minimum Gasteiger partial charge on any atom is -0.345 e. The van der Waals surface area contributed by atoms with Gasteiger partial charge in [0.25, 0.3) is 0 Å². The molecule has 2 N–H and O–H groups in total. The predicted octanol–water partition coefficient (Wildman–Crippen LogP) is 1.53. The summed E-state index contributed by atoms with van der Waals surface area (Å²) in [5.74, 6) is 0.0662. The van der Waals surface area contributed by atoms with Gasteiger partial charge in [-0.3, -0.25) is 4.79 Å². The molecule has 0 saturated carbocycles. The van der Waals surface area contributed by atoms with E-state index >= 15 is 0 Å². The number of carbonyl (C=O) groups is 1. The largest absolute Gasteiger partial charge is 0.345 e. The summed E-state index contributed by atoms with van der Waals surface area (Å²) in [6, 6.07) is -0.120. The van der Waals surface area contributed by atoms with E-state index in [1.54, 1.807) is 0 Å². The number of carbonyl (C=O) groups excluding carboxylic acids is 1. The highest BCUT2D eigenvalue weighted by atomic mass is 16.5. The van der Waals surface area contributed by atoms with Gasteiger partial charge in [-0.05, 0) is 13.1 Å². The number of hydrogen-bond acceptors (Lipinski definition) is 5. The van der Waals surface area contributed by atoms with Crippen LogP contribution in [0.4, 0.5) is 0 Å². The third kappa shape index (κ3) is 3.65. The number of hydrogen-bond donors (Lipinski definition) is 2. The second-order valence-electron chi connectivity index (χ2n) is 4.99. The van der Waals surface area contributed by atoms with Crippen molar-refractivity contribution in [2.24, 2.45) is 0 Å². The lowest BCUT2D eigenvalue weighted by Crippen LogP contribution is -2.33. The van der Waals surface area contributed by atoms with E-state index in [1.807, 2.05) is 27.7 Å². The summed E-state index contributed by atoms with van der Waals surface area (Å²) in [6.07, 6.45) is 1.73. The molecule has 17 heavy (non-hydrogen) atoms. The van der Waals surface area contributed by atoms with E-state index in [9.17, 15) is 4.79 Å². The van der Waals surface area contributed by atoms with Crippen LogP contribution in [-0.2, 0) is 5.41 Å². The van der Waals surface area contributed by atoms with Gasteiger partial charge in [0, 0.05) is 17.9 Å². The third-order valence-corrected chi connectivity index (χ3v) is 2.14. The van der Waals surface area contributed by atoms with Gasteiger partial charge in [0.2, 0.25) is 0 Å². The van der Waals surface area contributed by atoms with Gasteiger partial charge in [0.1, 0.15) is 0 Å². The SMILES string of the molecule is CC(CC=N)NC(=O)c1nc(C(C)(C)C)no1. The Hall–Kier alpha value is -1.72. The highest BCUT2D eigenvalue weighted by Gasteiger charge is 2.24. The molecule has 1 atom stereocenters. The van der Waals surface area contributed by atoms with Crippen molar-refractivity contribution in [2.45, 2.75) is 45.6 Å². The quantitative estimate of drug-likeness (QED) is 0.778. The maximum Gasteiger partial charge on any atom is 0.315 e. The molecule has 0 spiro atoms. The molecule has 0 fully saturated rings. The van der Waals surface area contributed by atoms with Crippen LogP contribution in [0.5, 0.6) is 0 Å². The average molecular weight is 238 g/mol. The van der Waals surface area contributed by atoms with Gasteiger partial charge in [-0.1, -0.05) is 25.9 Å². The summed E-state index contributed by atoms with van der Waals surface area (Å²) in [6.45, 7) is 7.63. The molecule has 6 nitrogen and oxygen atoms in total. The summed E-state index contributed by atoms with van der Waals surface area (Å²) < 4.78 is 4.90. The second-order valence-corrected chi connectivity index (χ2v) is 4.99. The highest BCUT2D eigenvalue weighted by molar-refractivity contribution is 5.89. The first-order valence-electron chi connectivity index (χ1n) is 5.48. The molecule has 0 aliphatic rings. The summed E-state index contributed by atoms with van der Waals surface area (Å²) in [7, 11) is 0. The predicted molar refractivity (Wildman–Crippen MR) is 63.3 cm³/mol. The van der Waals surface area contributed by atoms with Crippen molar-refractivity contribution in [1.29, 1.82) is 5.41 Å².